The SMILES string of the molecule is CCCCCCCCc1ccc(C2(C(C#N)CC3(CCCC)CCCCC3)CCCCC2)cc1. The first-order chi connectivity index (χ1) is 16.7. The van der Waals surface area contributed by atoms with E-state index in [1.807, 2.05) is 0 Å². The van der Waals surface area contributed by atoms with Crippen LogP contribution in [0.15, 0.2) is 24.3 Å². The van der Waals surface area contributed by atoms with E-state index in [4.69, 9.17) is 0 Å². The number of nitrogens with zero attached hydrogens (tertiary/aromatic N) is 1. The number of rotatable bonds is 14. The number of hydrogen-bond acceptors (Lipinski definition) is 1. The third-order valence-electron chi connectivity index (χ3n) is 9.53. The second-order valence-electron chi connectivity index (χ2n) is 12.0. The van der Waals surface area contributed by atoms with Gasteiger partial charge in [-0.1, -0.05) is 122 Å². The van der Waals surface area contributed by atoms with Crippen LogP contribution in [0.1, 0.15) is 153 Å². The van der Waals surface area contributed by atoms with Crippen LogP contribution in [0.2, 0.25) is 0 Å². The highest BCUT2D eigenvalue weighted by Gasteiger charge is 2.45. The molecule has 0 heterocycles. The average molecular weight is 464 g/mol. The Morgan fingerprint density at radius 1 is 0.735 bits per heavy atom. The number of benzene rings is 1. The molecule has 0 saturated heterocycles. The second-order valence-corrected chi connectivity index (χ2v) is 12.0. The molecule has 2 aliphatic rings. The molecule has 1 nitrogen and oxygen atoms in total. The van der Waals surface area contributed by atoms with Crippen molar-refractivity contribution >= 4 is 0 Å². The maximum atomic E-state index is 10.6. The molecule has 0 bridgehead atoms. The molecule has 2 saturated carbocycles. The van der Waals surface area contributed by atoms with Crippen molar-refractivity contribution in [3.63, 3.8) is 0 Å². The summed E-state index contributed by atoms with van der Waals surface area (Å²) in [7, 11) is 0. The Hall–Kier alpha value is -1.29. The van der Waals surface area contributed by atoms with Crippen LogP contribution in [0.5, 0.6) is 0 Å². The van der Waals surface area contributed by atoms with Gasteiger partial charge in [-0.15, -0.1) is 0 Å². The van der Waals surface area contributed by atoms with Gasteiger partial charge in [-0.25, -0.2) is 0 Å². The van der Waals surface area contributed by atoms with Crippen molar-refractivity contribution in [2.75, 3.05) is 0 Å². The predicted molar refractivity (Wildman–Crippen MR) is 147 cm³/mol. The molecule has 1 aromatic carbocycles. The van der Waals surface area contributed by atoms with Gasteiger partial charge in [0, 0.05) is 5.41 Å². The van der Waals surface area contributed by atoms with E-state index in [1.54, 1.807) is 0 Å². The molecule has 1 unspecified atom stereocenters. The van der Waals surface area contributed by atoms with Crippen molar-refractivity contribution in [3.8, 4) is 6.07 Å². The fourth-order valence-electron chi connectivity index (χ4n) is 7.34. The van der Waals surface area contributed by atoms with Gasteiger partial charge < -0.3 is 0 Å². The van der Waals surface area contributed by atoms with E-state index in [0.29, 0.717) is 5.41 Å². The molecule has 1 heteroatoms. The molecule has 0 N–H and O–H groups in total. The Bertz CT molecular complexity index is 712. The fraction of sp³-hybridized carbons (Fsp3) is 0.788. The Morgan fingerprint density at radius 2 is 1.32 bits per heavy atom. The van der Waals surface area contributed by atoms with E-state index in [9.17, 15) is 5.26 Å². The van der Waals surface area contributed by atoms with Crippen LogP contribution in [0.25, 0.3) is 0 Å². The maximum absolute atomic E-state index is 10.6. The highest BCUT2D eigenvalue weighted by molar-refractivity contribution is 5.33. The van der Waals surface area contributed by atoms with Crippen LogP contribution in [0.4, 0.5) is 0 Å². The summed E-state index contributed by atoms with van der Waals surface area (Å²) in [6.07, 6.45) is 27.7. The largest absolute Gasteiger partial charge is 0.198 e. The Morgan fingerprint density at radius 3 is 1.94 bits per heavy atom. The lowest BCUT2D eigenvalue weighted by Gasteiger charge is -2.47. The third kappa shape index (κ3) is 7.35. The third-order valence-corrected chi connectivity index (χ3v) is 9.53. The molecule has 34 heavy (non-hydrogen) atoms. The first-order valence-corrected chi connectivity index (χ1v) is 15.2. The highest BCUT2D eigenvalue weighted by atomic mass is 14.5. The van der Waals surface area contributed by atoms with Crippen LogP contribution in [0, 0.1) is 22.7 Å². The van der Waals surface area contributed by atoms with Crippen molar-refractivity contribution in [3.05, 3.63) is 35.4 Å². The zero-order chi connectivity index (χ0) is 24.1. The van der Waals surface area contributed by atoms with E-state index in [1.165, 1.54) is 140 Å². The van der Waals surface area contributed by atoms with Crippen molar-refractivity contribution in [2.24, 2.45) is 11.3 Å². The van der Waals surface area contributed by atoms with Crippen LogP contribution in [0.3, 0.4) is 0 Å². The predicted octanol–water partition coefficient (Wildman–Crippen LogP) is 10.5. The van der Waals surface area contributed by atoms with Gasteiger partial charge in [0.05, 0.1) is 12.0 Å². The molecule has 0 aromatic heterocycles. The summed E-state index contributed by atoms with van der Waals surface area (Å²) in [6.45, 7) is 4.62. The van der Waals surface area contributed by atoms with Gasteiger partial charge in [0.15, 0.2) is 0 Å². The van der Waals surface area contributed by atoms with E-state index in [-0.39, 0.29) is 11.3 Å². The molecule has 1 aromatic rings. The fourth-order valence-corrected chi connectivity index (χ4v) is 7.34. The molecule has 0 radical (unpaired) electrons. The zero-order valence-corrected chi connectivity index (χ0v) is 22.7. The highest BCUT2D eigenvalue weighted by Crippen LogP contribution is 2.53. The van der Waals surface area contributed by atoms with Crippen LogP contribution in [-0.2, 0) is 11.8 Å². The molecule has 190 valence electrons. The molecule has 1 atom stereocenters. The van der Waals surface area contributed by atoms with Crippen molar-refractivity contribution < 1.29 is 0 Å². The minimum absolute atomic E-state index is 0.0857. The van der Waals surface area contributed by atoms with Crippen LogP contribution in [-0.4, -0.2) is 0 Å². The first kappa shape index (κ1) is 27.3. The molecule has 2 fully saturated rings. The standard InChI is InChI=1S/C33H53N/c1-3-5-7-8-9-12-17-29-18-20-30(21-19-29)33(25-15-11-16-26-33)31(28-34)27-32(22-6-4-2)23-13-10-14-24-32/h18-21,31H,3-17,22-27H2,1-2H3. The molecule has 2 aliphatic carbocycles. The zero-order valence-electron chi connectivity index (χ0n) is 22.7. The van der Waals surface area contributed by atoms with Gasteiger partial charge in [0.1, 0.15) is 0 Å². The van der Waals surface area contributed by atoms with E-state index < -0.39 is 0 Å². The van der Waals surface area contributed by atoms with Crippen LogP contribution < -0.4 is 0 Å². The molecule has 0 amide bonds. The smallest absolute Gasteiger partial charge is 0.0665 e. The van der Waals surface area contributed by atoms with Crippen LogP contribution >= 0.6 is 0 Å². The molecular weight excluding hydrogens is 410 g/mol. The van der Waals surface area contributed by atoms with E-state index in [0.717, 1.165) is 6.42 Å². The number of nitriles is 1. The van der Waals surface area contributed by atoms with Crippen molar-refractivity contribution in [1.82, 2.24) is 0 Å². The number of hydrogen-bond donors (Lipinski definition) is 0. The minimum Gasteiger partial charge on any atom is -0.198 e. The summed E-state index contributed by atoms with van der Waals surface area (Å²) < 4.78 is 0. The average Bonchev–Trinajstić information content (AvgIpc) is 2.89. The molecule has 0 spiro atoms. The molecular formula is C33H53N. The lowest BCUT2D eigenvalue weighted by atomic mass is 9.56. The summed E-state index contributed by atoms with van der Waals surface area (Å²) in [5.74, 6) is 0.173. The number of aryl methyl sites for hydroxylation is 1. The monoisotopic (exact) mass is 463 g/mol. The molecule has 0 aliphatic heterocycles. The van der Waals surface area contributed by atoms with Gasteiger partial charge in [-0.2, -0.15) is 5.26 Å². The summed E-state index contributed by atoms with van der Waals surface area (Å²) in [5, 5.41) is 10.6. The quantitative estimate of drug-likeness (QED) is 0.252. The van der Waals surface area contributed by atoms with E-state index in [2.05, 4.69) is 44.2 Å². The Kier molecular flexibility index (Phi) is 11.5. The maximum Gasteiger partial charge on any atom is 0.0665 e. The minimum atomic E-state index is 0.0857. The summed E-state index contributed by atoms with van der Waals surface area (Å²) in [4.78, 5) is 0. The van der Waals surface area contributed by atoms with Gasteiger partial charge in [-0.3, -0.25) is 0 Å². The van der Waals surface area contributed by atoms with E-state index >= 15 is 0 Å². The molecule has 3 rings (SSSR count). The van der Waals surface area contributed by atoms with Crippen molar-refractivity contribution in [2.45, 2.75) is 154 Å². The summed E-state index contributed by atoms with van der Waals surface area (Å²) in [6, 6.07) is 12.6. The first-order valence-electron chi connectivity index (χ1n) is 15.2. The Balaban J connectivity index is 1.73. The Labute approximate surface area is 212 Å². The lowest BCUT2D eigenvalue weighted by molar-refractivity contribution is 0.0973. The summed E-state index contributed by atoms with van der Waals surface area (Å²) in [5.41, 5.74) is 3.48. The van der Waals surface area contributed by atoms with Crippen molar-refractivity contribution in [1.29, 1.82) is 5.26 Å². The second kappa shape index (κ2) is 14.3. The lowest BCUT2D eigenvalue weighted by Crippen LogP contribution is -2.40. The normalized spacial score (nSPS) is 20.5. The topological polar surface area (TPSA) is 23.8 Å². The van der Waals surface area contributed by atoms with Gasteiger partial charge in [-0.05, 0) is 67.9 Å². The van der Waals surface area contributed by atoms with Gasteiger partial charge >= 0.3 is 0 Å². The summed E-state index contributed by atoms with van der Waals surface area (Å²) >= 11 is 0. The van der Waals surface area contributed by atoms with Gasteiger partial charge in [0.2, 0.25) is 0 Å². The number of unbranched alkanes of at least 4 members (excludes halogenated alkanes) is 6. The van der Waals surface area contributed by atoms with Gasteiger partial charge in [0.25, 0.3) is 0 Å².